The fourth-order valence-electron chi connectivity index (χ4n) is 2.55. The second-order valence-corrected chi connectivity index (χ2v) is 3.79. The zero-order valence-corrected chi connectivity index (χ0v) is 7.11. The maximum absolute atomic E-state index is 8.40. The van der Waals surface area contributed by atoms with E-state index in [4.69, 9.17) is 5.53 Å². The average molecular weight is 163 g/mol. The molecule has 0 bridgehead atoms. The highest BCUT2D eigenvalue weighted by Gasteiger charge is 2.41. The van der Waals surface area contributed by atoms with Gasteiger partial charge in [-0.15, -0.1) is 0 Å². The van der Waals surface area contributed by atoms with Crippen LogP contribution in [-0.4, -0.2) is 6.04 Å². The third-order valence-corrected chi connectivity index (χ3v) is 3.20. The highest BCUT2D eigenvalue weighted by molar-refractivity contribution is 5.14. The molecule has 3 heteroatoms. The minimum absolute atomic E-state index is 0.237. The minimum Gasteiger partial charge on any atom is -0.0897 e. The van der Waals surface area contributed by atoms with Crippen molar-refractivity contribution in [3.63, 3.8) is 0 Å². The van der Waals surface area contributed by atoms with Crippen molar-refractivity contribution in [2.75, 3.05) is 0 Å². The lowest BCUT2D eigenvalue weighted by molar-refractivity contribution is 0.341. The van der Waals surface area contributed by atoms with Crippen molar-refractivity contribution in [2.45, 2.75) is 38.1 Å². The van der Waals surface area contributed by atoms with Crippen molar-refractivity contribution in [3.8, 4) is 0 Å². The molecule has 1 fully saturated rings. The molecule has 1 spiro atoms. The van der Waals surface area contributed by atoms with Crippen LogP contribution in [0.5, 0.6) is 0 Å². The van der Waals surface area contributed by atoms with Gasteiger partial charge >= 0.3 is 0 Å². The first-order valence-corrected chi connectivity index (χ1v) is 4.59. The van der Waals surface area contributed by atoms with E-state index in [1.54, 1.807) is 0 Å². The number of hydrogen-bond donors (Lipinski definition) is 0. The van der Waals surface area contributed by atoms with E-state index in [-0.39, 0.29) is 11.5 Å². The van der Waals surface area contributed by atoms with Gasteiger partial charge in [0.15, 0.2) is 0 Å². The summed E-state index contributed by atoms with van der Waals surface area (Å²) >= 11 is 0. The summed E-state index contributed by atoms with van der Waals surface area (Å²) < 4.78 is 0. The van der Waals surface area contributed by atoms with Gasteiger partial charge in [0.25, 0.3) is 0 Å². The summed E-state index contributed by atoms with van der Waals surface area (Å²) in [5, 5.41) is 3.89. The summed E-state index contributed by atoms with van der Waals surface area (Å²) in [6.07, 6.45) is 10.4. The summed E-state index contributed by atoms with van der Waals surface area (Å²) in [7, 11) is 0. The number of nitrogens with zero attached hydrogens (tertiary/aromatic N) is 3. The van der Waals surface area contributed by atoms with Gasteiger partial charge in [0.2, 0.25) is 0 Å². The van der Waals surface area contributed by atoms with E-state index in [1.807, 2.05) is 0 Å². The summed E-state index contributed by atoms with van der Waals surface area (Å²) in [5.41, 5.74) is 8.66. The van der Waals surface area contributed by atoms with E-state index in [0.29, 0.717) is 0 Å². The van der Waals surface area contributed by atoms with Crippen molar-refractivity contribution in [1.82, 2.24) is 0 Å². The van der Waals surface area contributed by atoms with Gasteiger partial charge in [-0.05, 0) is 36.6 Å². The van der Waals surface area contributed by atoms with Crippen LogP contribution in [0.2, 0.25) is 0 Å². The van der Waals surface area contributed by atoms with Crippen molar-refractivity contribution < 1.29 is 0 Å². The minimum atomic E-state index is 0.237. The van der Waals surface area contributed by atoms with Crippen molar-refractivity contribution in [1.29, 1.82) is 0 Å². The van der Waals surface area contributed by atoms with Gasteiger partial charge < -0.3 is 0 Å². The lowest BCUT2D eigenvalue weighted by Crippen LogP contribution is -2.23. The van der Waals surface area contributed by atoms with Crippen LogP contribution in [0.15, 0.2) is 17.3 Å². The van der Waals surface area contributed by atoms with Crippen molar-refractivity contribution in [3.05, 3.63) is 22.6 Å². The van der Waals surface area contributed by atoms with Gasteiger partial charge in [0.05, 0.1) is 0 Å². The highest BCUT2D eigenvalue weighted by atomic mass is 15.2. The molecule has 0 aliphatic heterocycles. The topological polar surface area (TPSA) is 48.8 Å². The number of allylic oxidation sites excluding steroid dienone is 1. The summed E-state index contributed by atoms with van der Waals surface area (Å²) in [6.45, 7) is 0. The Hall–Kier alpha value is -0.950. The second-order valence-electron chi connectivity index (χ2n) is 3.79. The predicted molar refractivity (Wildman–Crippen MR) is 47.6 cm³/mol. The van der Waals surface area contributed by atoms with Crippen LogP contribution < -0.4 is 0 Å². The number of azide groups is 1. The Morgan fingerprint density at radius 3 is 3.08 bits per heavy atom. The normalized spacial score (nSPS) is 38.8. The van der Waals surface area contributed by atoms with E-state index in [2.05, 4.69) is 22.2 Å². The Morgan fingerprint density at radius 1 is 1.50 bits per heavy atom. The molecule has 0 amide bonds. The van der Waals surface area contributed by atoms with Crippen LogP contribution in [0.3, 0.4) is 0 Å². The number of hydrogen-bond acceptors (Lipinski definition) is 1. The molecular formula is C9H13N3. The first kappa shape index (κ1) is 7.69. The molecule has 0 saturated heterocycles. The van der Waals surface area contributed by atoms with Crippen LogP contribution in [0.1, 0.15) is 32.1 Å². The van der Waals surface area contributed by atoms with Gasteiger partial charge in [0, 0.05) is 11.0 Å². The van der Waals surface area contributed by atoms with Crippen LogP contribution in [-0.2, 0) is 0 Å². The van der Waals surface area contributed by atoms with Gasteiger partial charge in [-0.1, -0.05) is 23.7 Å². The van der Waals surface area contributed by atoms with Crippen LogP contribution >= 0.6 is 0 Å². The molecule has 0 radical (unpaired) electrons. The maximum atomic E-state index is 8.40. The SMILES string of the molecule is [N-]=[N+]=N[C@@H]1CCC[C@@]12C=CCC2. The quantitative estimate of drug-likeness (QED) is 0.247. The molecule has 0 aromatic carbocycles. The van der Waals surface area contributed by atoms with Gasteiger partial charge in [-0.25, -0.2) is 0 Å². The average Bonchev–Trinajstić information content (AvgIpc) is 2.66. The molecule has 3 nitrogen and oxygen atoms in total. The molecule has 12 heavy (non-hydrogen) atoms. The molecule has 0 aromatic rings. The summed E-state index contributed by atoms with van der Waals surface area (Å²) in [5.74, 6) is 0. The Balaban J connectivity index is 2.23. The lowest BCUT2D eigenvalue weighted by Gasteiger charge is -2.25. The Labute approximate surface area is 72.1 Å². The molecule has 2 aliphatic rings. The molecule has 2 atom stereocenters. The third-order valence-electron chi connectivity index (χ3n) is 3.20. The molecule has 0 heterocycles. The standard InChI is InChI=1S/C9H13N3/c10-12-11-8-4-3-7-9(8)5-1-2-6-9/h1,5,8H,2-4,6-7H2/t8-,9+/m1/s1. The zero-order chi connectivity index (χ0) is 8.44. The first-order chi connectivity index (χ1) is 5.87. The third kappa shape index (κ3) is 1.01. The van der Waals surface area contributed by atoms with Crippen molar-refractivity contribution >= 4 is 0 Å². The largest absolute Gasteiger partial charge is 0.0897 e. The Kier molecular flexibility index (Phi) is 1.81. The Bertz CT molecular complexity index is 252. The molecular weight excluding hydrogens is 150 g/mol. The lowest BCUT2D eigenvalue weighted by atomic mass is 9.82. The van der Waals surface area contributed by atoms with Crippen LogP contribution in [0.25, 0.3) is 10.4 Å². The highest BCUT2D eigenvalue weighted by Crippen LogP contribution is 2.48. The molecule has 0 N–H and O–H groups in total. The smallest absolute Gasteiger partial charge is 0.0465 e. The monoisotopic (exact) mass is 163 g/mol. The molecule has 0 aromatic heterocycles. The summed E-state index contributed by atoms with van der Waals surface area (Å²) in [6, 6.07) is 0.237. The van der Waals surface area contributed by atoms with Gasteiger partial charge in [-0.2, -0.15) is 0 Å². The summed E-state index contributed by atoms with van der Waals surface area (Å²) in [4.78, 5) is 2.93. The van der Waals surface area contributed by atoms with Crippen LogP contribution in [0, 0.1) is 5.41 Å². The van der Waals surface area contributed by atoms with Crippen LogP contribution in [0.4, 0.5) is 0 Å². The fourth-order valence-corrected chi connectivity index (χ4v) is 2.55. The fraction of sp³-hybridized carbons (Fsp3) is 0.778. The van der Waals surface area contributed by atoms with Crippen molar-refractivity contribution in [2.24, 2.45) is 10.5 Å². The molecule has 2 aliphatic carbocycles. The van der Waals surface area contributed by atoms with E-state index >= 15 is 0 Å². The van der Waals surface area contributed by atoms with Gasteiger partial charge in [0.1, 0.15) is 0 Å². The van der Waals surface area contributed by atoms with Gasteiger partial charge in [-0.3, -0.25) is 0 Å². The molecule has 1 saturated carbocycles. The van der Waals surface area contributed by atoms with E-state index in [9.17, 15) is 0 Å². The number of rotatable bonds is 1. The first-order valence-electron chi connectivity index (χ1n) is 4.59. The molecule has 0 unspecified atom stereocenters. The Morgan fingerprint density at radius 2 is 2.42 bits per heavy atom. The maximum Gasteiger partial charge on any atom is 0.0465 e. The van der Waals surface area contributed by atoms with E-state index < -0.39 is 0 Å². The second kappa shape index (κ2) is 2.83. The zero-order valence-electron chi connectivity index (χ0n) is 7.11. The van der Waals surface area contributed by atoms with E-state index in [0.717, 1.165) is 12.8 Å². The molecule has 2 rings (SSSR count). The predicted octanol–water partition coefficient (Wildman–Crippen LogP) is 3.19. The van der Waals surface area contributed by atoms with E-state index in [1.165, 1.54) is 19.3 Å². The molecule has 64 valence electrons.